The fourth-order valence-electron chi connectivity index (χ4n) is 4.58. The number of carbonyl (C=O) groups is 2. The number of para-hydroxylation sites is 1. The fourth-order valence-corrected chi connectivity index (χ4v) is 4.58. The third kappa shape index (κ3) is 5.02. The van der Waals surface area contributed by atoms with Crippen LogP contribution in [0.15, 0.2) is 103 Å². The Kier molecular flexibility index (Phi) is 7.22. The summed E-state index contributed by atoms with van der Waals surface area (Å²) in [5.74, 6) is 0.783. The van der Waals surface area contributed by atoms with Crippen LogP contribution in [-0.2, 0) is 17.8 Å². The zero-order valence-electron chi connectivity index (χ0n) is 21.1. The van der Waals surface area contributed by atoms with Gasteiger partial charge in [-0.15, -0.1) is 6.58 Å². The molecule has 4 aromatic rings. The molecule has 0 radical (unpaired) electrons. The van der Waals surface area contributed by atoms with Gasteiger partial charge in [-0.05, 0) is 65.6 Å². The third-order valence-corrected chi connectivity index (χ3v) is 6.27. The van der Waals surface area contributed by atoms with Crippen LogP contribution in [0.3, 0.4) is 0 Å². The third-order valence-electron chi connectivity index (χ3n) is 6.27. The Morgan fingerprint density at radius 1 is 0.895 bits per heavy atom. The van der Waals surface area contributed by atoms with E-state index in [9.17, 15) is 9.59 Å². The zero-order valence-corrected chi connectivity index (χ0v) is 21.1. The summed E-state index contributed by atoms with van der Waals surface area (Å²) >= 11 is 0. The quantitative estimate of drug-likeness (QED) is 0.158. The summed E-state index contributed by atoms with van der Waals surface area (Å²) in [6.45, 7) is 6.62. The smallest absolute Gasteiger partial charge is 0.333 e. The van der Waals surface area contributed by atoms with Gasteiger partial charge >= 0.3 is 6.03 Å². The first kappa shape index (κ1) is 24.8. The molecule has 4 aromatic carbocycles. The second-order valence-corrected chi connectivity index (χ2v) is 8.82. The predicted molar refractivity (Wildman–Crippen MR) is 150 cm³/mol. The lowest BCUT2D eigenvalue weighted by Crippen LogP contribution is -2.30. The van der Waals surface area contributed by atoms with Gasteiger partial charge in [-0.25, -0.2) is 9.69 Å². The van der Waals surface area contributed by atoms with E-state index in [0.29, 0.717) is 42.4 Å². The Hall–Kier alpha value is -4.84. The molecule has 0 saturated carbocycles. The molecule has 1 fully saturated rings. The number of carbonyl (C=O) groups excluding carboxylic acids is 2. The van der Waals surface area contributed by atoms with Crippen molar-refractivity contribution in [2.24, 2.45) is 0 Å². The molecule has 0 unspecified atom stereocenters. The number of hydrogen-bond donors (Lipinski definition) is 1. The maximum atomic E-state index is 13.1. The maximum absolute atomic E-state index is 13.1. The number of nitrogens with one attached hydrogen (secondary N) is 1. The predicted octanol–water partition coefficient (Wildman–Crippen LogP) is 6.64. The van der Waals surface area contributed by atoms with E-state index in [1.54, 1.807) is 36.4 Å². The van der Waals surface area contributed by atoms with Crippen LogP contribution in [-0.4, -0.2) is 18.5 Å². The lowest BCUT2D eigenvalue weighted by Gasteiger charge is -2.17. The van der Waals surface area contributed by atoms with Crippen LogP contribution in [0.1, 0.15) is 23.6 Å². The Morgan fingerprint density at radius 2 is 1.66 bits per heavy atom. The summed E-state index contributed by atoms with van der Waals surface area (Å²) in [6, 6.07) is 26.5. The van der Waals surface area contributed by atoms with Crippen molar-refractivity contribution in [2.75, 3.05) is 11.5 Å². The summed E-state index contributed by atoms with van der Waals surface area (Å²) < 4.78 is 12.3. The van der Waals surface area contributed by atoms with Crippen LogP contribution in [0, 0.1) is 0 Å². The standard InChI is InChI=1S/C32H28N2O4/c1-3-11-24-18-22(19-28-31(35)34(32(36)33-28)26-15-6-5-7-16-26)20-29(37-4-2)30(24)38-21-25-14-10-13-23-12-8-9-17-27(23)25/h3,5-10,12-20H,1,4,11,21H2,2H3,(H,33,36)/b28-19+. The molecule has 0 bridgehead atoms. The van der Waals surface area contributed by atoms with E-state index in [0.717, 1.165) is 26.8 Å². The molecule has 0 aliphatic carbocycles. The van der Waals surface area contributed by atoms with Crippen molar-refractivity contribution in [3.63, 3.8) is 0 Å². The number of fused-ring (bicyclic) bond motifs is 1. The largest absolute Gasteiger partial charge is 0.490 e. The summed E-state index contributed by atoms with van der Waals surface area (Å²) in [4.78, 5) is 26.8. The molecule has 0 atom stereocenters. The Morgan fingerprint density at radius 3 is 2.45 bits per heavy atom. The van der Waals surface area contributed by atoms with Gasteiger partial charge in [-0.2, -0.15) is 0 Å². The van der Waals surface area contributed by atoms with Crippen LogP contribution in [0.2, 0.25) is 0 Å². The molecule has 1 aliphatic rings. The molecular formula is C32H28N2O4. The number of benzene rings is 4. The zero-order chi connectivity index (χ0) is 26.5. The van der Waals surface area contributed by atoms with Crippen LogP contribution in [0.4, 0.5) is 10.5 Å². The minimum Gasteiger partial charge on any atom is -0.490 e. The Bertz CT molecular complexity index is 1540. The molecule has 6 heteroatoms. The second-order valence-electron chi connectivity index (χ2n) is 8.82. The normalized spacial score (nSPS) is 14.1. The second kappa shape index (κ2) is 11.0. The first-order valence-electron chi connectivity index (χ1n) is 12.5. The molecule has 5 rings (SSSR count). The molecule has 0 spiro atoms. The van der Waals surface area contributed by atoms with Gasteiger partial charge in [0, 0.05) is 5.56 Å². The van der Waals surface area contributed by atoms with Crippen molar-refractivity contribution >= 4 is 34.5 Å². The topological polar surface area (TPSA) is 67.9 Å². The highest BCUT2D eigenvalue weighted by molar-refractivity contribution is 6.28. The van der Waals surface area contributed by atoms with Gasteiger partial charge in [-0.3, -0.25) is 4.79 Å². The summed E-state index contributed by atoms with van der Waals surface area (Å²) in [6.07, 6.45) is 4.00. The molecule has 1 N–H and O–H groups in total. The number of rotatable bonds is 9. The average Bonchev–Trinajstić information content (AvgIpc) is 3.21. The van der Waals surface area contributed by atoms with Crippen molar-refractivity contribution in [3.8, 4) is 11.5 Å². The lowest BCUT2D eigenvalue weighted by molar-refractivity contribution is -0.113. The van der Waals surface area contributed by atoms with Crippen molar-refractivity contribution in [1.82, 2.24) is 5.32 Å². The van der Waals surface area contributed by atoms with Crippen LogP contribution in [0.5, 0.6) is 11.5 Å². The minimum atomic E-state index is -0.487. The highest BCUT2D eigenvalue weighted by atomic mass is 16.5. The number of amides is 3. The molecule has 0 aromatic heterocycles. The number of nitrogens with zero attached hydrogens (tertiary/aromatic N) is 1. The van der Waals surface area contributed by atoms with Crippen molar-refractivity contribution in [2.45, 2.75) is 20.0 Å². The molecule has 190 valence electrons. The molecule has 38 heavy (non-hydrogen) atoms. The number of hydrogen-bond acceptors (Lipinski definition) is 4. The number of urea groups is 1. The highest BCUT2D eigenvalue weighted by Gasteiger charge is 2.34. The molecule has 6 nitrogen and oxygen atoms in total. The molecule has 1 saturated heterocycles. The SMILES string of the molecule is C=CCc1cc(/C=C2/NC(=O)N(c3ccccc3)C2=O)cc(OCC)c1OCc1cccc2ccccc12. The van der Waals surface area contributed by atoms with Gasteiger partial charge in [0.05, 0.1) is 12.3 Å². The number of imide groups is 1. The van der Waals surface area contributed by atoms with E-state index in [1.807, 2.05) is 43.3 Å². The highest BCUT2D eigenvalue weighted by Crippen LogP contribution is 2.36. The monoisotopic (exact) mass is 504 g/mol. The first-order chi connectivity index (χ1) is 18.6. The molecule has 3 amide bonds. The maximum Gasteiger partial charge on any atom is 0.333 e. The van der Waals surface area contributed by atoms with E-state index >= 15 is 0 Å². The van der Waals surface area contributed by atoms with Crippen LogP contribution >= 0.6 is 0 Å². The number of allylic oxidation sites excluding steroid dienone is 1. The Labute approximate surface area is 221 Å². The summed E-state index contributed by atoms with van der Waals surface area (Å²) in [5.41, 5.74) is 3.35. The average molecular weight is 505 g/mol. The van der Waals surface area contributed by atoms with E-state index in [-0.39, 0.29) is 5.70 Å². The van der Waals surface area contributed by atoms with E-state index in [1.165, 1.54) is 0 Å². The summed E-state index contributed by atoms with van der Waals surface area (Å²) in [7, 11) is 0. The Balaban J connectivity index is 1.48. The van der Waals surface area contributed by atoms with Gasteiger partial charge in [0.1, 0.15) is 12.3 Å². The van der Waals surface area contributed by atoms with Crippen LogP contribution < -0.4 is 19.7 Å². The van der Waals surface area contributed by atoms with E-state index in [2.05, 4.69) is 36.2 Å². The van der Waals surface area contributed by atoms with E-state index < -0.39 is 11.9 Å². The van der Waals surface area contributed by atoms with Gasteiger partial charge in [0.15, 0.2) is 11.5 Å². The van der Waals surface area contributed by atoms with Crippen molar-refractivity contribution < 1.29 is 19.1 Å². The summed E-state index contributed by atoms with van der Waals surface area (Å²) in [5, 5.41) is 4.98. The number of anilines is 1. The van der Waals surface area contributed by atoms with Gasteiger partial charge < -0.3 is 14.8 Å². The minimum absolute atomic E-state index is 0.190. The van der Waals surface area contributed by atoms with E-state index in [4.69, 9.17) is 9.47 Å². The van der Waals surface area contributed by atoms with Gasteiger partial charge in [-0.1, -0.05) is 66.7 Å². The molecule has 1 heterocycles. The van der Waals surface area contributed by atoms with Crippen molar-refractivity contribution in [3.05, 3.63) is 120 Å². The molecule has 1 aliphatic heterocycles. The lowest BCUT2D eigenvalue weighted by atomic mass is 10.0. The fraction of sp³-hybridized carbons (Fsp3) is 0.125. The van der Waals surface area contributed by atoms with Gasteiger partial charge in [0.2, 0.25) is 0 Å². The van der Waals surface area contributed by atoms with Crippen molar-refractivity contribution in [1.29, 1.82) is 0 Å². The van der Waals surface area contributed by atoms with Crippen LogP contribution in [0.25, 0.3) is 16.8 Å². The first-order valence-corrected chi connectivity index (χ1v) is 12.5. The molecular weight excluding hydrogens is 476 g/mol. The van der Waals surface area contributed by atoms with Gasteiger partial charge in [0.25, 0.3) is 5.91 Å². The number of ether oxygens (including phenoxy) is 2.